The van der Waals surface area contributed by atoms with Crippen molar-refractivity contribution in [3.8, 4) is 0 Å². The second-order valence-corrected chi connectivity index (χ2v) is 4.53. The van der Waals surface area contributed by atoms with Crippen molar-refractivity contribution in [1.29, 1.82) is 0 Å². The molecule has 84 valence electrons. The molecule has 2 N–H and O–H groups in total. The molecule has 0 amide bonds. The van der Waals surface area contributed by atoms with Gasteiger partial charge in [0.05, 0.1) is 0 Å². The molecule has 1 rings (SSSR count). The molecule has 0 bridgehead atoms. The topological polar surface area (TPSA) is 48.0 Å². The van der Waals surface area contributed by atoms with Gasteiger partial charge in [-0.2, -0.15) is 0 Å². The van der Waals surface area contributed by atoms with Crippen molar-refractivity contribution in [2.75, 3.05) is 0 Å². The fourth-order valence-electron chi connectivity index (χ4n) is 1.63. The van der Waals surface area contributed by atoms with E-state index in [2.05, 4.69) is 13.8 Å². The number of hydrogen-bond acceptors (Lipinski definition) is 2. The van der Waals surface area contributed by atoms with Gasteiger partial charge in [0.2, 0.25) is 0 Å². The van der Waals surface area contributed by atoms with Crippen molar-refractivity contribution in [1.82, 2.24) is 4.57 Å². The SMILES string of the molecule is Cc1ccc(C(C)N)c(=O)n1CC(C)C. The van der Waals surface area contributed by atoms with Gasteiger partial charge in [0.1, 0.15) is 0 Å². The molecule has 3 heteroatoms. The summed E-state index contributed by atoms with van der Waals surface area (Å²) in [4.78, 5) is 12.0. The van der Waals surface area contributed by atoms with Gasteiger partial charge in [-0.1, -0.05) is 19.9 Å². The van der Waals surface area contributed by atoms with E-state index in [1.165, 1.54) is 0 Å². The normalized spacial score (nSPS) is 13.2. The van der Waals surface area contributed by atoms with Crippen LogP contribution in [0.25, 0.3) is 0 Å². The van der Waals surface area contributed by atoms with Gasteiger partial charge in [-0.25, -0.2) is 0 Å². The highest BCUT2D eigenvalue weighted by Gasteiger charge is 2.10. The van der Waals surface area contributed by atoms with Gasteiger partial charge in [0.25, 0.3) is 5.56 Å². The average molecular weight is 208 g/mol. The monoisotopic (exact) mass is 208 g/mol. The van der Waals surface area contributed by atoms with E-state index < -0.39 is 0 Å². The molecule has 0 aliphatic rings. The third-order valence-electron chi connectivity index (χ3n) is 2.46. The molecule has 0 aliphatic heterocycles. The summed E-state index contributed by atoms with van der Waals surface area (Å²) >= 11 is 0. The summed E-state index contributed by atoms with van der Waals surface area (Å²) in [5.74, 6) is 0.463. The Morgan fingerprint density at radius 3 is 2.40 bits per heavy atom. The van der Waals surface area contributed by atoms with Crippen LogP contribution in [-0.2, 0) is 6.54 Å². The summed E-state index contributed by atoms with van der Waals surface area (Å²) in [7, 11) is 0. The summed E-state index contributed by atoms with van der Waals surface area (Å²) in [6, 6.07) is 3.60. The lowest BCUT2D eigenvalue weighted by molar-refractivity contribution is 0.497. The Morgan fingerprint density at radius 1 is 1.33 bits per heavy atom. The first-order valence-electron chi connectivity index (χ1n) is 5.39. The van der Waals surface area contributed by atoms with Crippen LogP contribution in [0, 0.1) is 12.8 Å². The van der Waals surface area contributed by atoms with Crippen LogP contribution in [0.4, 0.5) is 0 Å². The largest absolute Gasteiger partial charge is 0.324 e. The van der Waals surface area contributed by atoms with Crippen LogP contribution in [0.1, 0.15) is 38.1 Å². The molecule has 1 atom stereocenters. The first kappa shape index (κ1) is 12.0. The van der Waals surface area contributed by atoms with Gasteiger partial charge in [0, 0.05) is 23.8 Å². The minimum absolute atomic E-state index is 0.0544. The van der Waals surface area contributed by atoms with E-state index in [0.717, 1.165) is 12.2 Å². The lowest BCUT2D eigenvalue weighted by Gasteiger charge is -2.15. The standard InChI is InChI=1S/C12H20N2O/c1-8(2)7-14-9(3)5-6-11(10(4)13)12(14)15/h5-6,8,10H,7,13H2,1-4H3. The molecule has 0 radical (unpaired) electrons. The predicted octanol–water partition coefficient (Wildman–Crippen LogP) is 1.83. The number of pyridine rings is 1. The van der Waals surface area contributed by atoms with Crippen LogP contribution in [-0.4, -0.2) is 4.57 Å². The van der Waals surface area contributed by atoms with Gasteiger partial charge in [0.15, 0.2) is 0 Å². The molecule has 3 nitrogen and oxygen atoms in total. The fourth-order valence-corrected chi connectivity index (χ4v) is 1.63. The van der Waals surface area contributed by atoms with Crippen LogP contribution >= 0.6 is 0 Å². The van der Waals surface area contributed by atoms with E-state index in [0.29, 0.717) is 11.5 Å². The molecule has 1 heterocycles. The highest BCUT2D eigenvalue weighted by Crippen LogP contribution is 2.07. The molecule has 1 unspecified atom stereocenters. The summed E-state index contributed by atoms with van der Waals surface area (Å²) in [6.07, 6.45) is 0. The predicted molar refractivity (Wildman–Crippen MR) is 62.9 cm³/mol. The Bertz CT molecular complexity index is 391. The van der Waals surface area contributed by atoms with Crippen LogP contribution in [0.2, 0.25) is 0 Å². The quantitative estimate of drug-likeness (QED) is 0.823. The first-order valence-corrected chi connectivity index (χ1v) is 5.39. The maximum Gasteiger partial charge on any atom is 0.255 e. The summed E-state index contributed by atoms with van der Waals surface area (Å²) in [5, 5.41) is 0. The van der Waals surface area contributed by atoms with Crippen LogP contribution in [0.15, 0.2) is 16.9 Å². The number of aryl methyl sites for hydroxylation is 1. The van der Waals surface area contributed by atoms with Crippen LogP contribution < -0.4 is 11.3 Å². The molecular formula is C12H20N2O. The van der Waals surface area contributed by atoms with Crippen LogP contribution in [0.5, 0.6) is 0 Å². The van der Waals surface area contributed by atoms with Crippen molar-refractivity contribution in [3.05, 3.63) is 33.7 Å². The zero-order valence-electron chi connectivity index (χ0n) is 9.95. The molecule has 0 saturated heterocycles. The fraction of sp³-hybridized carbons (Fsp3) is 0.583. The smallest absolute Gasteiger partial charge is 0.255 e. The summed E-state index contributed by atoms with van der Waals surface area (Å²) < 4.78 is 1.81. The Morgan fingerprint density at radius 2 is 1.93 bits per heavy atom. The molecule has 15 heavy (non-hydrogen) atoms. The van der Waals surface area contributed by atoms with Crippen molar-refractivity contribution in [2.24, 2.45) is 11.7 Å². The average Bonchev–Trinajstić information content (AvgIpc) is 2.11. The summed E-state index contributed by atoms with van der Waals surface area (Å²) in [6.45, 7) is 8.75. The first-order chi connectivity index (χ1) is 6.93. The number of hydrogen-bond donors (Lipinski definition) is 1. The number of rotatable bonds is 3. The Hall–Kier alpha value is -1.09. The van der Waals surface area contributed by atoms with E-state index in [4.69, 9.17) is 5.73 Å². The van der Waals surface area contributed by atoms with E-state index in [1.54, 1.807) is 0 Å². The second-order valence-electron chi connectivity index (χ2n) is 4.53. The van der Waals surface area contributed by atoms with Gasteiger partial charge >= 0.3 is 0 Å². The second kappa shape index (κ2) is 4.62. The molecule has 0 aromatic carbocycles. The maximum atomic E-state index is 12.0. The minimum atomic E-state index is -0.198. The molecule has 0 fully saturated rings. The van der Waals surface area contributed by atoms with Gasteiger partial charge in [-0.15, -0.1) is 0 Å². The molecule has 1 aromatic heterocycles. The zero-order chi connectivity index (χ0) is 11.6. The summed E-state index contributed by atoms with van der Waals surface area (Å²) in [5.41, 5.74) is 7.50. The van der Waals surface area contributed by atoms with E-state index in [-0.39, 0.29) is 11.6 Å². The number of nitrogens with two attached hydrogens (primary N) is 1. The lowest BCUT2D eigenvalue weighted by atomic mass is 10.1. The zero-order valence-corrected chi connectivity index (χ0v) is 9.95. The van der Waals surface area contributed by atoms with Gasteiger partial charge < -0.3 is 10.3 Å². The van der Waals surface area contributed by atoms with E-state index in [9.17, 15) is 4.79 Å². The molecule has 1 aromatic rings. The van der Waals surface area contributed by atoms with Crippen molar-refractivity contribution >= 4 is 0 Å². The Labute approximate surface area is 90.9 Å². The van der Waals surface area contributed by atoms with E-state index in [1.807, 2.05) is 30.5 Å². The third kappa shape index (κ3) is 2.69. The Balaban J connectivity index is 3.24. The van der Waals surface area contributed by atoms with Gasteiger partial charge in [-0.3, -0.25) is 4.79 Å². The highest BCUT2D eigenvalue weighted by molar-refractivity contribution is 5.18. The van der Waals surface area contributed by atoms with Gasteiger partial charge in [-0.05, 0) is 25.8 Å². The molecule has 0 spiro atoms. The highest BCUT2D eigenvalue weighted by atomic mass is 16.1. The van der Waals surface area contributed by atoms with E-state index >= 15 is 0 Å². The maximum absolute atomic E-state index is 12.0. The van der Waals surface area contributed by atoms with Crippen molar-refractivity contribution < 1.29 is 0 Å². The lowest BCUT2D eigenvalue weighted by Crippen LogP contribution is -2.29. The minimum Gasteiger partial charge on any atom is -0.324 e. The Kier molecular flexibility index (Phi) is 3.69. The number of nitrogens with zero attached hydrogens (tertiary/aromatic N) is 1. The number of aromatic nitrogens is 1. The molecular weight excluding hydrogens is 188 g/mol. The third-order valence-corrected chi connectivity index (χ3v) is 2.46. The molecule has 0 aliphatic carbocycles. The van der Waals surface area contributed by atoms with Crippen molar-refractivity contribution in [2.45, 2.75) is 40.3 Å². The molecule has 0 saturated carbocycles. The van der Waals surface area contributed by atoms with Crippen LogP contribution in [0.3, 0.4) is 0 Å². The van der Waals surface area contributed by atoms with Crippen molar-refractivity contribution in [3.63, 3.8) is 0 Å².